The van der Waals surface area contributed by atoms with Crippen molar-refractivity contribution in [2.24, 2.45) is 5.84 Å². The van der Waals surface area contributed by atoms with Crippen LogP contribution in [0.2, 0.25) is 0 Å². The lowest BCUT2D eigenvalue weighted by molar-refractivity contribution is 0.399. The fourth-order valence-electron chi connectivity index (χ4n) is 1.66. The summed E-state index contributed by atoms with van der Waals surface area (Å²) in [6.07, 6.45) is 3.89. The molecule has 1 saturated carbocycles. The third kappa shape index (κ3) is 1.65. The zero-order valence-electron chi connectivity index (χ0n) is 8.40. The molecule has 1 fully saturated rings. The van der Waals surface area contributed by atoms with Crippen LogP contribution in [0.25, 0.3) is 0 Å². The molecule has 0 aliphatic heterocycles. The first-order valence-corrected chi connectivity index (χ1v) is 4.98. The van der Waals surface area contributed by atoms with Crippen LogP contribution in [-0.2, 0) is 0 Å². The van der Waals surface area contributed by atoms with Gasteiger partial charge in [-0.25, -0.2) is 10.8 Å². The Balaban J connectivity index is 2.13. The topological polar surface area (TPSA) is 54.2 Å². The second kappa shape index (κ2) is 3.84. The van der Waals surface area contributed by atoms with Crippen molar-refractivity contribution in [3.8, 4) is 0 Å². The lowest BCUT2D eigenvalue weighted by Gasteiger charge is -2.35. The second-order valence-electron chi connectivity index (χ2n) is 3.72. The van der Waals surface area contributed by atoms with E-state index >= 15 is 0 Å². The van der Waals surface area contributed by atoms with Gasteiger partial charge >= 0.3 is 0 Å². The van der Waals surface area contributed by atoms with Crippen LogP contribution in [0.1, 0.15) is 19.3 Å². The van der Waals surface area contributed by atoms with E-state index in [2.05, 4.69) is 22.4 Å². The summed E-state index contributed by atoms with van der Waals surface area (Å²) in [4.78, 5) is 6.61. The van der Waals surface area contributed by atoms with Crippen molar-refractivity contribution in [1.82, 2.24) is 4.98 Å². The van der Waals surface area contributed by atoms with Crippen LogP contribution in [0.15, 0.2) is 18.2 Å². The first kappa shape index (κ1) is 9.27. The van der Waals surface area contributed by atoms with Crippen LogP contribution < -0.4 is 16.2 Å². The lowest BCUT2D eigenvalue weighted by Crippen LogP contribution is -2.37. The normalized spacial score (nSPS) is 16.1. The first-order chi connectivity index (χ1) is 6.81. The van der Waals surface area contributed by atoms with Crippen molar-refractivity contribution in [2.45, 2.75) is 25.3 Å². The summed E-state index contributed by atoms with van der Waals surface area (Å²) in [5, 5.41) is 0. The Morgan fingerprint density at radius 3 is 2.86 bits per heavy atom. The Kier molecular flexibility index (Phi) is 2.54. The molecule has 0 saturated heterocycles. The van der Waals surface area contributed by atoms with Gasteiger partial charge in [0.15, 0.2) is 0 Å². The number of nitrogens with zero attached hydrogens (tertiary/aromatic N) is 2. The largest absolute Gasteiger partial charge is 0.357 e. The van der Waals surface area contributed by atoms with Gasteiger partial charge in [0.1, 0.15) is 11.6 Å². The van der Waals surface area contributed by atoms with E-state index < -0.39 is 0 Å². The summed E-state index contributed by atoms with van der Waals surface area (Å²) in [6.45, 7) is 0. The Morgan fingerprint density at radius 1 is 1.50 bits per heavy atom. The first-order valence-electron chi connectivity index (χ1n) is 4.98. The van der Waals surface area contributed by atoms with Gasteiger partial charge in [-0.3, -0.25) is 0 Å². The molecular formula is C10H16N4. The van der Waals surface area contributed by atoms with Crippen molar-refractivity contribution in [1.29, 1.82) is 0 Å². The fourth-order valence-corrected chi connectivity index (χ4v) is 1.66. The number of nitrogen functional groups attached to an aromatic ring is 1. The van der Waals surface area contributed by atoms with E-state index in [4.69, 9.17) is 5.84 Å². The van der Waals surface area contributed by atoms with E-state index in [9.17, 15) is 0 Å². The van der Waals surface area contributed by atoms with E-state index in [0.717, 1.165) is 5.82 Å². The summed E-state index contributed by atoms with van der Waals surface area (Å²) in [5.74, 6) is 7.02. The molecule has 1 aliphatic carbocycles. The van der Waals surface area contributed by atoms with Crippen LogP contribution in [0.3, 0.4) is 0 Å². The molecule has 1 aliphatic rings. The number of hydrogen-bond acceptors (Lipinski definition) is 4. The summed E-state index contributed by atoms with van der Waals surface area (Å²) in [6, 6.07) is 6.50. The van der Waals surface area contributed by atoms with Crippen molar-refractivity contribution in [2.75, 3.05) is 17.4 Å². The lowest BCUT2D eigenvalue weighted by atomic mass is 9.92. The van der Waals surface area contributed by atoms with Gasteiger partial charge in [-0.2, -0.15) is 0 Å². The Bertz CT molecular complexity index is 309. The highest BCUT2D eigenvalue weighted by Crippen LogP contribution is 2.27. The maximum Gasteiger partial charge on any atom is 0.142 e. The van der Waals surface area contributed by atoms with Gasteiger partial charge < -0.3 is 10.3 Å². The van der Waals surface area contributed by atoms with Crippen LogP contribution in [0, 0.1) is 0 Å². The van der Waals surface area contributed by atoms with Crippen molar-refractivity contribution in [3.05, 3.63) is 18.2 Å². The van der Waals surface area contributed by atoms with E-state index in [1.54, 1.807) is 0 Å². The van der Waals surface area contributed by atoms with Gasteiger partial charge in [0.05, 0.1) is 0 Å². The van der Waals surface area contributed by atoms with E-state index in [1.165, 1.54) is 19.3 Å². The number of nitrogens with one attached hydrogen (secondary N) is 1. The van der Waals surface area contributed by atoms with Crippen LogP contribution in [-0.4, -0.2) is 18.1 Å². The highest BCUT2D eigenvalue weighted by molar-refractivity contribution is 5.46. The van der Waals surface area contributed by atoms with Crippen molar-refractivity contribution in [3.63, 3.8) is 0 Å². The highest BCUT2D eigenvalue weighted by atomic mass is 15.3. The number of pyridine rings is 1. The maximum atomic E-state index is 5.31. The van der Waals surface area contributed by atoms with Crippen LogP contribution >= 0.6 is 0 Å². The molecule has 0 spiro atoms. The molecule has 76 valence electrons. The quantitative estimate of drug-likeness (QED) is 0.561. The maximum absolute atomic E-state index is 5.31. The summed E-state index contributed by atoms with van der Waals surface area (Å²) < 4.78 is 0. The molecular weight excluding hydrogens is 176 g/mol. The van der Waals surface area contributed by atoms with Crippen LogP contribution in [0.5, 0.6) is 0 Å². The number of aromatic nitrogens is 1. The zero-order valence-corrected chi connectivity index (χ0v) is 8.40. The molecule has 0 unspecified atom stereocenters. The molecule has 3 N–H and O–H groups in total. The summed E-state index contributed by atoms with van der Waals surface area (Å²) in [5.41, 5.74) is 2.56. The molecule has 0 amide bonds. The standard InChI is InChI=1S/C10H16N4/c1-14(8-4-2-5-8)10-7-3-6-9(12-10)13-11/h3,6-8H,2,4-5,11H2,1H3,(H,12,13). The molecule has 4 nitrogen and oxygen atoms in total. The molecule has 1 aromatic heterocycles. The molecule has 2 rings (SSSR count). The second-order valence-corrected chi connectivity index (χ2v) is 3.72. The van der Waals surface area contributed by atoms with Crippen molar-refractivity contribution < 1.29 is 0 Å². The molecule has 0 aromatic carbocycles. The number of rotatable bonds is 3. The SMILES string of the molecule is CN(c1cccc(NN)n1)C1CCC1. The average molecular weight is 192 g/mol. The summed E-state index contributed by atoms with van der Waals surface area (Å²) in [7, 11) is 2.09. The Labute approximate surface area is 84.1 Å². The molecule has 0 atom stereocenters. The number of hydrazine groups is 1. The monoisotopic (exact) mass is 192 g/mol. The molecule has 1 heterocycles. The number of nitrogens with two attached hydrogens (primary N) is 1. The number of hydrogen-bond donors (Lipinski definition) is 2. The minimum absolute atomic E-state index is 0.663. The minimum Gasteiger partial charge on any atom is -0.357 e. The van der Waals surface area contributed by atoms with E-state index in [0.29, 0.717) is 11.9 Å². The molecule has 0 bridgehead atoms. The molecule has 14 heavy (non-hydrogen) atoms. The fraction of sp³-hybridized carbons (Fsp3) is 0.500. The van der Waals surface area contributed by atoms with Gasteiger partial charge in [0, 0.05) is 13.1 Å². The minimum atomic E-state index is 0.663. The zero-order chi connectivity index (χ0) is 9.97. The van der Waals surface area contributed by atoms with Gasteiger partial charge in [0.25, 0.3) is 0 Å². The number of anilines is 2. The third-order valence-electron chi connectivity index (χ3n) is 2.87. The van der Waals surface area contributed by atoms with E-state index in [1.807, 2.05) is 18.2 Å². The third-order valence-corrected chi connectivity index (χ3v) is 2.87. The predicted octanol–water partition coefficient (Wildman–Crippen LogP) is 1.36. The molecule has 4 heteroatoms. The van der Waals surface area contributed by atoms with Crippen LogP contribution in [0.4, 0.5) is 11.6 Å². The van der Waals surface area contributed by atoms with Gasteiger partial charge in [0.2, 0.25) is 0 Å². The van der Waals surface area contributed by atoms with Gasteiger partial charge in [-0.05, 0) is 31.4 Å². The Hall–Kier alpha value is -1.29. The van der Waals surface area contributed by atoms with Gasteiger partial charge in [-0.15, -0.1) is 0 Å². The summed E-state index contributed by atoms with van der Waals surface area (Å²) >= 11 is 0. The molecule has 0 radical (unpaired) electrons. The van der Waals surface area contributed by atoms with Crippen molar-refractivity contribution >= 4 is 11.6 Å². The van der Waals surface area contributed by atoms with Gasteiger partial charge in [-0.1, -0.05) is 6.07 Å². The average Bonchev–Trinajstić information content (AvgIpc) is 2.15. The van der Waals surface area contributed by atoms with E-state index in [-0.39, 0.29) is 0 Å². The highest BCUT2D eigenvalue weighted by Gasteiger charge is 2.22. The predicted molar refractivity (Wildman–Crippen MR) is 58.1 cm³/mol. The Morgan fingerprint density at radius 2 is 2.29 bits per heavy atom. The smallest absolute Gasteiger partial charge is 0.142 e. The molecule has 1 aromatic rings.